The fourth-order valence-electron chi connectivity index (χ4n) is 6.22. The van der Waals surface area contributed by atoms with Crippen molar-refractivity contribution in [2.75, 3.05) is 14.2 Å². The van der Waals surface area contributed by atoms with Crippen LogP contribution in [0.4, 0.5) is 48.7 Å². The maximum Gasteiger partial charge on any atom is 0.514 e. The van der Waals surface area contributed by atoms with Gasteiger partial charge in [-0.05, 0) is 72.2 Å². The summed E-state index contributed by atoms with van der Waals surface area (Å²) in [4.78, 5) is 13.2. The molecule has 0 spiro atoms. The number of methoxy groups -OCH3 is 2. The lowest BCUT2D eigenvalue weighted by molar-refractivity contribution is -0.214. The summed E-state index contributed by atoms with van der Waals surface area (Å²) in [5.41, 5.74) is -4.27. The highest BCUT2D eigenvalue weighted by Gasteiger charge is 2.51. The van der Waals surface area contributed by atoms with E-state index in [0.717, 1.165) is 12.1 Å². The molecule has 15 heteroatoms. The van der Waals surface area contributed by atoms with Gasteiger partial charge in [0, 0.05) is 28.7 Å². The molecule has 0 amide bonds. The SMILES string of the molecule is C=C(/C=C(\CC(C)(C)C(F)(F)F)C(F)(F)F)C(OC(=O)Oc1ccc(C[CH2+])cc1OC)C(C)[CH+]CC1CC(C(F)(F)F)=CC=C1c1cc(C(C)C)c(F)cc1OC. The largest absolute Gasteiger partial charge is 0.514 e. The number of allylic oxidation sites excluding steroid dienone is 5. The van der Waals surface area contributed by atoms with Gasteiger partial charge in [-0.3, -0.25) is 0 Å². The molecule has 0 aromatic heterocycles. The predicted molar refractivity (Wildman–Crippen MR) is 196 cm³/mol. The van der Waals surface area contributed by atoms with E-state index in [-0.39, 0.29) is 35.2 Å². The quantitative estimate of drug-likeness (QED) is 0.0589. The molecule has 1 aliphatic carbocycles. The van der Waals surface area contributed by atoms with E-state index in [1.807, 2.05) is 0 Å². The molecule has 0 fully saturated rings. The Bertz CT molecular complexity index is 1850. The molecule has 0 heterocycles. The van der Waals surface area contributed by atoms with Crippen molar-refractivity contribution in [3.63, 3.8) is 0 Å². The molecule has 0 radical (unpaired) electrons. The average Bonchev–Trinajstić information content (AvgIpc) is 3.10. The normalized spacial score (nSPS) is 16.7. The Morgan fingerprint density at radius 3 is 2.11 bits per heavy atom. The van der Waals surface area contributed by atoms with E-state index >= 15 is 0 Å². The number of benzene rings is 2. The van der Waals surface area contributed by atoms with Crippen LogP contribution < -0.4 is 14.2 Å². The van der Waals surface area contributed by atoms with Gasteiger partial charge in [0.15, 0.2) is 17.6 Å². The molecular weight excluding hydrogens is 774 g/mol. The zero-order valence-corrected chi connectivity index (χ0v) is 32.6. The number of ether oxygens (including phenoxy) is 4. The fourth-order valence-corrected chi connectivity index (χ4v) is 6.22. The van der Waals surface area contributed by atoms with Crippen LogP contribution in [0.5, 0.6) is 17.2 Å². The van der Waals surface area contributed by atoms with Crippen LogP contribution >= 0.6 is 0 Å². The van der Waals surface area contributed by atoms with Gasteiger partial charge in [-0.2, -0.15) is 39.5 Å². The minimum atomic E-state index is -5.27. The van der Waals surface area contributed by atoms with E-state index in [9.17, 15) is 48.7 Å². The van der Waals surface area contributed by atoms with E-state index in [1.165, 1.54) is 51.8 Å². The van der Waals surface area contributed by atoms with Gasteiger partial charge in [0.25, 0.3) is 0 Å². The number of carbonyl (C=O) groups excluding carboxylic acids is 1. The molecule has 2 aromatic rings. The minimum Gasteiger partial charge on any atom is -0.496 e. The highest BCUT2D eigenvalue weighted by Crippen LogP contribution is 2.47. The summed E-state index contributed by atoms with van der Waals surface area (Å²) < 4.78 is 163. The molecular formula is C42H46F10O5+2. The third kappa shape index (κ3) is 11.9. The van der Waals surface area contributed by atoms with Crippen molar-refractivity contribution in [1.29, 1.82) is 0 Å². The zero-order valence-electron chi connectivity index (χ0n) is 32.6. The van der Waals surface area contributed by atoms with Crippen LogP contribution in [0.25, 0.3) is 5.57 Å². The number of alkyl halides is 9. The Balaban J connectivity index is 2.07. The Labute approximate surface area is 326 Å². The molecule has 0 N–H and O–H groups in total. The number of hydrogen-bond donors (Lipinski definition) is 0. The van der Waals surface area contributed by atoms with Crippen LogP contribution in [0, 0.1) is 36.4 Å². The third-order valence-electron chi connectivity index (χ3n) is 9.68. The van der Waals surface area contributed by atoms with Gasteiger partial charge in [-0.25, -0.2) is 9.18 Å². The van der Waals surface area contributed by atoms with Crippen molar-refractivity contribution in [3.8, 4) is 17.2 Å². The van der Waals surface area contributed by atoms with E-state index < -0.39 is 83.4 Å². The van der Waals surface area contributed by atoms with Gasteiger partial charge in [-0.1, -0.05) is 52.5 Å². The fraction of sp³-hybridized carbons (Fsp3) is 0.452. The Kier molecular flexibility index (Phi) is 15.0. The second-order valence-electron chi connectivity index (χ2n) is 14.7. The van der Waals surface area contributed by atoms with Crippen molar-refractivity contribution < 1.29 is 67.6 Å². The van der Waals surface area contributed by atoms with E-state index in [1.54, 1.807) is 19.9 Å². The van der Waals surface area contributed by atoms with E-state index in [0.29, 0.717) is 43.0 Å². The molecule has 2 aromatic carbocycles. The van der Waals surface area contributed by atoms with Crippen molar-refractivity contribution >= 4 is 11.7 Å². The van der Waals surface area contributed by atoms with Crippen LogP contribution in [0.15, 0.2) is 71.9 Å². The van der Waals surface area contributed by atoms with Crippen LogP contribution in [0.1, 0.15) is 76.5 Å². The first-order valence-electron chi connectivity index (χ1n) is 17.8. The smallest absolute Gasteiger partial charge is 0.496 e. The van der Waals surface area contributed by atoms with E-state index in [2.05, 4.69) is 13.5 Å². The standard InChI is InChI=1S/C42H46F10O5/c1-10-26-12-16-34(36(18-26)55-9)56-38(53)57-37(25(5)17-29(41(47,48)49)22-39(6,7)42(50,51)52)24(4)11-13-27-19-28(40(44,45)46)14-15-30(27)32-20-31(23(2)3)33(43)21-35(32)54-8/h11-12,14-18,20-21,23-24,27,37H,1,5,10,13,19,22H2,2-4,6-9H3/q+2/b29-17+. The number of rotatable bonds is 15. The lowest BCUT2D eigenvalue weighted by atomic mass is 9.77. The molecule has 0 saturated heterocycles. The molecule has 1 aliphatic rings. The summed E-state index contributed by atoms with van der Waals surface area (Å²) in [6.07, 6.45) is -16.2. The molecule has 57 heavy (non-hydrogen) atoms. The van der Waals surface area contributed by atoms with E-state index in [4.69, 9.17) is 18.9 Å². The molecule has 0 saturated carbocycles. The lowest BCUT2D eigenvalue weighted by Gasteiger charge is -2.30. The summed E-state index contributed by atoms with van der Waals surface area (Å²) >= 11 is 0. The molecule has 3 unspecified atom stereocenters. The average molecular weight is 821 g/mol. The highest BCUT2D eigenvalue weighted by molar-refractivity contribution is 5.76. The van der Waals surface area contributed by atoms with Crippen molar-refractivity contribution in [2.45, 2.75) is 90.9 Å². The highest BCUT2D eigenvalue weighted by atomic mass is 19.4. The van der Waals surface area contributed by atoms with Crippen LogP contribution in [0.3, 0.4) is 0 Å². The summed E-state index contributed by atoms with van der Waals surface area (Å²) in [6, 6.07) is 7.05. The van der Waals surface area contributed by atoms with Gasteiger partial charge in [0.1, 0.15) is 23.9 Å². The van der Waals surface area contributed by atoms with Gasteiger partial charge < -0.3 is 18.9 Å². The van der Waals surface area contributed by atoms with Gasteiger partial charge >= 0.3 is 24.7 Å². The minimum absolute atomic E-state index is 0.0487. The van der Waals surface area contributed by atoms with Gasteiger partial charge in [0.05, 0.1) is 39.4 Å². The van der Waals surface area contributed by atoms with Crippen molar-refractivity contribution in [1.82, 2.24) is 0 Å². The Hall–Kier alpha value is -4.69. The third-order valence-corrected chi connectivity index (χ3v) is 9.68. The molecule has 3 atom stereocenters. The topological polar surface area (TPSA) is 54.0 Å². The van der Waals surface area contributed by atoms with Crippen molar-refractivity contribution in [2.24, 2.45) is 17.3 Å². The first-order chi connectivity index (χ1) is 26.2. The molecule has 0 bridgehead atoms. The number of carbonyl (C=O) groups is 1. The van der Waals surface area contributed by atoms with Crippen molar-refractivity contribution in [3.05, 3.63) is 108 Å². The van der Waals surface area contributed by atoms with Crippen LogP contribution in [-0.4, -0.2) is 45.0 Å². The Morgan fingerprint density at radius 2 is 1.58 bits per heavy atom. The summed E-state index contributed by atoms with van der Waals surface area (Å²) in [7, 11) is 2.56. The van der Waals surface area contributed by atoms with Gasteiger partial charge in [-0.15, -0.1) is 0 Å². The van der Waals surface area contributed by atoms with Crippen LogP contribution in [0.2, 0.25) is 0 Å². The molecule has 312 valence electrons. The maximum absolute atomic E-state index is 14.9. The second kappa shape index (κ2) is 18.3. The summed E-state index contributed by atoms with van der Waals surface area (Å²) in [5.74, 6) is -2.99. The second-order valence-corrected chi connectivity index (χ2v) is 14.7. The number of hydrogen-bond acceptors (Lipinski definition) is 5. The lowest BCUT2D eigenvalue weighted by Crippen LogP contribution is -2.35. The molecule has 0 aliphatic heterocycles. The summed E-state index contributed by atoms with van der Waals surface area (Å²) in [6.45, 7) is 13.4. The predicted octanol–water partition coefficient (Wildman–Crippen LogP) is 13.1. The van der Waals surface area contributed by atoms with Crippen LogP contribution in [-0.2, 0) is 11.2 Å². The number of halogens is 10. The molecule has 5 nitrogen and oxygen atoms in total. The van der Waals surface area contributed by atoms with Gasteiger partial charge in [0.2, 0.25) is 0 Å². The summed E-state index contributed by atoms with van der Waals surface area (Å²) in [5, 5.41) is 0. The first kappa shape index (κ1) is 46.7. The maximum atomic E-state index is 14.9. The zero-order chi connectivity index (χ0) is 43.3. The Morgan fingerprint density at radius 1 is 0.947 bits per heavy atom. The molecule has 3 rings (SSSR count). The monoisotopic (exact) mass is 820 g/mol. The first-order valence-corrected chi connectivity index (χ1v) is 17.8.